The van der Waals surface area contributed by atoms with Gasteiger partial charge in [0.15, 0.2) is 0 Å². The predicted octanol–water partition coefficient (Wildman–Crippen LogP) is 1.89. The average molecular weight is 285 g/mol. The van der Waals surface area contributed by atoms with Crippen molar-refractivity contribution in [3.8, 4) is 0 Å². The van der Waals surface area contributed by atoms with Crippen LogP contribution in [0, 0.1) is 0 Å². The van der Waals surface area contributed by atoms with E-state index in [2.05, 4.69) is 26.2 Å². The maximum atomic E-state index is 10.1. The van der Waals surface area contributed by atoms with Crippen LogP contribution in [0.5, 0.6) is 0 Å². The van der Waals surface area contributed by atoms with Crippen molar-refractivity contribution < 1.29 is 5.11 Å². The summed E-state index contributed by atoms with van der Waals surface area (Å²) in [6.07, 6.45) is 7.45. The summed E-state index contributed by atoms with van der Waals surface area (Å²) >= 11 is 3.39. The Labute approximate surface area is 104 Å². The number of aliphatic hydroxyl groups is 1. The van der Waals surface area contributed by atoms with Crippen LogP contribution in [0.15, 0.2) is 22.9 Å². The van der Waals surface area contributed by atoms with E-state index in [-0.39, 0.29) is 12.1 Å². The first-order valence-corrected chi connectivity index (χ1v) is 6.56. The van der Waals surface area contributed by atoms with Crippen LogP contribution in [0.3, 0.4) is 0 Å². The van der Waals surface area contributed by atoms with Gasteiger partial charge in [0.05, 0.1) is 6.10 Å². The second-order valence-electron chi connectivity index (χ2n) is 4.34. The molecule has 1 fully saturated rings. The Balaban J connectivity index is 1.93. The van der Waals surface area contributed by atoms with Crippen molar-refractivity contribution in [2.45, 2.75) is 37.8 Å². The molecule has 2 atom stereocenters. The highest BCUT2D eigenvalue weighted by molar-refractivity contribution is 9.10. The summed E-state index contributed by atoms with van der Waals surface area (Å²) in [6, 6.07) is 2.26. The minimum atomic E-state index is -0.309. The monoisotopic (exact) mass is 284 g/mol. The second-order valence-corrected chi connectivity index (χ2v) is 5.25. The third-order valence-corrected chi connectivity index (χ3v) is 3.45. The number of halogens is 1. The van der Waals surface area contributed by atoms with Gasteiger partial charge in [0.25, 0.3) is 0 Å². The molecule has 0 bridgehead atoms. The topological polar surface area (TPSA) is 45.2 Å². The van der Waals surface area contributed by atoms with Gasteiger partial charge in [-0.15, -0.1) is 0 Å². The number of nitrogens with zero attached hydrogens (tertiary/aromatic N) is 1. The summed E-state index contributed by atoms with van der Waals surface area (Å²) < 4.78 is 0.966. The highest BCUT2D eigenvalue weighted by Crippen LogP contribution is 2.16. The fourth-order valence-corrected chi connectivity index (χ4v) is 2.57. The van der Waals surface area contributed by atoms with Gasteiger partial charge in [-0.05, 0) is 46.9 Å². The quantitative estimate of drug-likeness (QED) is 0.891. The standard InChI is InChI=1S/C12H17BrN2O/c13-10-5-9(7-14-8-10)6-12(16)11-3-1-2-4-15-11/h5,7-8,11-12,15-16H,1-4,6H2. The molecule has 16 heavy (non-hydrogen) atoms. The minimum Gasteiger partial charge on any atom is -0.391 e. The van der Waals surface area contributed by atoms with Crippen LogP contribution in [-0.2, 0) is 6.42 Å². The molecule has 0 aromatic carbocycles. The molecule has 0 aliphatic carbocycles. The van der Waals surface area contributed by atoms with Gasteiger partial charge in [-0.3, -0.25) is 4.98 Å². The number of pyridine rings is 1. The SMILES string of the molecule is OC(Cc1cncc(Br)c1)C1CCCCN1. The van der Waals surface area contributed by atoms with Gasteiger partial charge in [-0.1, -0.05) is 6.42 Å². The molecule has 2 unspecified atom stereocenters. The van der Waals surface area contributed by atoms with E-state index in [0.717, 1.165) is 23.0 Å². The second kappa shape index (κ2) is 5.75. The van der Waals surface area contributed by atoms with E-state index in [1.54, 1.807) is 6.20 Å². The molecule has 0 spiro atoms. The Kier molecular flexibility index (Phi) is 4.32. The molecule has 1 aliphatic heterocycles. The van der Waals surface area contributed by atoms with Crippen LogP contribution in [0.1, 0.15) is 24.8 Å². The normalized spacial score (nSPS) is 23.0. The first kappa shape index (κ1) is 12.0. The lowest BCUT2D eigenvalue weighted by Crippen LogP contribution is -2.44. The lowest BCUT2D eigenvalue weighted by atomic mass is 9.96. The fraction of sp³-hybridized carbons (Fsp3) is 0.583. The number of hydrogen-bond donors (Lipinski definition) is 2. The van der Waals surface area contributed by atoms with Crippen molar-refractivity contribution in [3.05, 3.63) is 28.5 Å². The van der Waals surface area contributed by atoms with E-state index < -0.39 is 0 Å². The number of rotatable bonds is 3. The van der Waals surface area contributed by atoms with E-state index >= 15 is 0 Å². The van der Waals surface area contributed by atoms with Gasteiger partial charge in [0.2, 0.25) is 0 Å². The lowest BCUT2D eigenvalue weighted by Gasteiger charge is -2.28. The third kappa shape index (κ3) is 3.27. The van der Waals surface area contributed by atoms with Crippen molar-refractivity contribution in [2.24, 2.45) is 0 Å². The Morgan fingerprint density at radius 2 is 2.38 bits per heavy atom. The number of aliphatic hydroxyl groups excluding tert-OH is 1. The molecule has 1 aromatic rings. The summed E-state index contributed by atoms with van der Waals surface area (Å²) in [6.45, 7) is 1.03. The molecule has 4 heteroatoms. The molecule has 1 aliphatic rings. The third-order valence-electron chi connectivity index (χ3n) is 3.02. The van der Waals surface area contributed by atoms with Crippen LogP contribution in [0.2, 0.25) is 0 Å². The van der Waals surface area contributed by atoms with Crippen LogP contribution in [0.25, 0.3) is 0 Å². The van der Waals surface area contributed by atoms with E-state index in [0.29, 0.717) is 6.42 Å². The molecule has 1 aromatic heterocycles. The van der Waals surface area contributed by atoms with Crippen molar-refractivity contribution in [2.75, 3.05) is 6.54 Å². The molecule has 0 amide bonds. The highest BCUT2D eigenvalue weighted by atomic mass is 79.9. The maximum absolute atomic E-state index is 10.1. The number of aromatic nitrogens is 1. The molecule has 0 radical (unpaired) electrons. The zero-order valence-electron chi connectivity index (χ0n) is 9.19. The lowest BCUT2D eigenvalue weighted by molar-refractivity contribution is 0.113. The maximum Gasteiger partial charge on any atom is 0.0733 e. The minimum absolute atomic E-state index is 0.243. The van der Waals surface area contributed by atoms with Gasteiger partial charge in [0.1, 0.15) is 0 Å². The molecular weight excluding hydrogens is 268 g/mol. The Bertz CT molecular complexity index is 340. The first-order valence-electron chi connectivity index (χ1n) is 5.76. The molecular formula is C12H17BrN2O. The number of nitrogens with one attached hydrogen (secondary N) is 1. The van der Waals surface area contributed by atoms with Crippen molar-refractivity contribution >= 4 is 15.9 Å². The number of piperidine rings is 1. The summed E-state index contributed by atoms with van der Waals surface area (Å²) in [4.78, 5) is 4.10. The van der Waals surface area contributed by atoms with E-state index in [9.17, 15) is 5.11 Å². The van der Waals surface area contributed by atoms with Crippen LogP contribution >= 0.6 is 15.9 Å². The predicted molar refractivity (Wildman–Crippen MR) is 67.3 cm³/mol. The van der Waals surface area contributed by atoms with Crippen LogP contribution < -0.4 is 5.32 Å². The van der Waals surface area contributed by atoms with E-state index in [1.165, 1.54) is 12.8 Å². The van der Waals surface area contributed by atoms with Crippen molar-refractivity contribution in [3.63, 3.8) is 0 Å². The summed E-state index contributed by atoms with van der Waals surface area (Å²) in [5.41, 5.74) is 1.08. The van der Waals surface area contributed by atoms with E-state index in [1.807, 2.05) is 12.3 Å². The van der Waals surface area contributed by atoms with Crippen molar-refractivity contribution in [1.29, 1.82) is 0 Å². The smallest absolute Gasteiger partial charge is 0.0733 e. The molecule has 2 heterocycles. The first-order chi connectivity index (χ1) is 7.75. The van der Waals surface area contributed by atoms with E-state index in [4.69, 9.17) is 0 Å². The molecule has 1 saturated heterocycles. The average Bonchev–Trinajstić information content (AvgIpc) is 2.30. The fourth-order valence-electron chi connectivity index (χ4n) is 2.16. The molecule has 2 rings (SSSR count). The van der Waals surface area contributed by atoms with Gasteiger partial charge in [-0.2, -0.15) is 0 Å². The molecule has 0 saturated carbocycles. The van der Waals surface area contributed by atoms with Crippen LogP contribution in [-0.4, -0.2) is 28.8 Å². The Morgan fingerprint density at radius 1 is 1.50 bits per heavy atom. The Morgan fingerprint density at radius 3 is 3.06 bits per heavy atom. The van der Waals surface area contributed by atoms with Crippen molar-refractivity contribution in [1.82, 2.24) is 10.3 Å². The molecule has 2 N–H and O–H groups in total. The van der Waals surface area contributed by atoms with Gasteiger partial charge in [-0.25, -0.2) is 0 Å². The zero-order valence-corrected chi connectivity index (χ0v) is 10.8. The summed E-state index contributed by atoms with van der Waals surface area (Å²) in [5.74, 6) is 0. The van der Waals surface area contributed by atoms with Gasteiger partial charge >= 0.3 is 0 Å². The molecule has 3 nitrogen and oxygen atoms in total. The summed E-state index contributed by atoms with van der Waals surface area (Å²) in [5, 5.41) is 13.5. The van der Waals surface area contributed by atoms with Gasteiger partial charge in [0, 0.05) is 29.3 Å². The van der Waals surface area contributed by atoms with Gasteiger partial charge < -0.3 is 10.4 Å². The highest BCUT2D eigenvalue weighted by Gasteiger charge is 2.21. The summed E-state index contributed by atoms with van der Waals surface area (Å²) in [7, 11) is 0. The molecule has 88 valence electrons. The Hall–Kier alpha value is -0.450. The van der Waals surface area contributed by atoms with Crippen LogP contribution in [0.4, 0.5) is 0 Å². The largest absolute Gasteiger partial charge is 0.391 e. The number of hydrogen-bond acceptors (Lipinski definition) is 3. The zero-order chi connectivity index (χ0) is 11.4.